The van der Waals surface area contributed by atoms with E-state index in [4.69, 9.17) is 0 Å². The molecule has 0 amide bonds. The zero-order chi connectivity index (χ0) is 9.26. The van der Waals surface area contributed by atoms with Crippen LogP contribution in [0.2, 0.25) is 0 Å². The maximum absolute atomic E-state index is 9.57. The molecule has 66 valence electrons. The molecule has 0 heterocycles. The molecule has 1 atom stereocenters. The van der Waals surface area contributed by atoms with Gasteiger partial charge < -0.3 is 5.11 Å². The summed E-state index contributed by atoms with van der Waals surface area (Å²) < 4.78 is 0. The molecule has 1 aliphatic carbocycles. The first kappa shape index (κ1) is 8.27. The van der Waals surface area contributed by atoms with Crippen LogP contribution in [0.4, 0.5) is 0 Å². The van der Waals surface area contributed by atoms with Crippen molar-refractivity contribution in [3.63, 3.8) is 0 Å². The Labute approximate surface area is 78.0 Å². The van der Waals surface area contributed by atoms with Gasteiger partial charge in [0.1, 0.15) is 0 Å². The third-order valence-electron chi connectivity index (χ3n) is 2.30. The first-order chi connectivity index (χ1) is 6.27. The van der Waals surface area contributed by atoms with Crippen molar-refractivity contribution in [2.45, 2.75) is 13.0 Å². The molecule has 0 saturated carbocycles. The Hall–Kier alpha value is -1.34. The molecular weight excluding hydrogens is 160 g/mol. The van der Waals surface area contributed by atoms with Gasteiger partial charge in [0.15, 0.2) is 0 Å². The van der Waals surface area contributed by atoms with E-state index in [-0.39, 0.29) is 0 Å². The van der Waals surface area contributed by atoms with Crippen molar-refractivity contribution >= 4 is 12.2 Å². The molecule has 1 heteroatoms. The van der Waals surface area contributed by atoms with E-state index in [0.717, 1.165) is 5.57 Å². The summed E-state index contributed by atoms with van der Waals surface area (Å²) in [7, 11) is 0. The van der Waals surface area contributed by atoms with Crippen LogP contribution in [0.3, 0.4) is 0 Å². The van der Waals surface area contributed by atoms with Crippen LogP contribution in [0.25, 0.3) is 12.2 Å². The molecule has 1 nitrogen and oxygen atoms in total. The number of benzene rings is 1. The van der Waals surface area contributed by atoms with Crippen molar-refractivity contribution in [1.82, 2.24) is 0 Å². The van der Waals surface area contributed by atoms with Crippen molar-refractivity contribution in [3.05, 3.63) is 47.0 Å². The molecule has 0 unspecified atom stereocenters. The molecule has 0 aromatic heterocycles. The summed E-state index contributed by atoms with van der Waals surface area (Å²) in [5.74, 6) is 0. The van der Waals surface area contributed by atoms with E-state index in [2.05, 4.69) is 6.07 Å². The molecule has 0 bridgehead atoms. The van der Waals surface area contributed by atoms with E-state index in [1.807, 2.05) is 43.4 Å². The summed E-state index contributed by atoms with van der Waals surface area (Å²) >= 11 is 0. The lowest BCUT2D eigenvalue weighted by Gasteiger charge is -2.02. The van der Waals surface area contributed by atoms with E-state index in [1.165, 1.54) is 11.1 Å². The van der Waals surface area contributed by atoms with Crippen molar-refractivity contribution in [2.75, 3.05) is 0 Å². The van der Waals surface area contributed by atoms with Crippen LogP contribution in [0.5, 0.6) is 0 Å². The van der Waals surface area contributed by atoms with Crippen LogP contribution in [0, 0.1) is 0 Å². The van der Waals surface area contributed by atoms with Crippen molar-refractivity contribution in [3.8, 4) is 0 Å². The summed E-state index contributed by atoms with van der Waals surface area (Å²) in [4.78, 5) is 0. The SMILES string of the molecule is CC1=Cc2ccccc2C=C[C@H]1O. The van der Waals surface area contributed by atoms with Gasteiger partial charge in [-0.2, -0.15) is 0 Å². The predicted molar refractivity (Wildman–Crippen MR) is 55.1 cm³/mol. The van der Waals surface area contributed by atoms with Gasteiger partial charge in [0.2, 0.25) is 0 Å². The van der Waals surface area contributed by atoms with Crippen LogP contribution < -0.4 is 0 Å². The lowest BCUT2D eigenvalue weighted by Crippen LogP contribution is -2.01. The summed E-state index contributed by atoms with van der Waals surface area (Å²) in [5.41, 5.74) is 3.33. The highest BCUT2D eigenvalue weighted by Gasteiger charge is 2.07. The van der Waals surface area contributed by atoms with E-state index in [9.17, 15) is 5.11 Å². The second-order valence-corrected chi connectivity index (χ2v) is 3.32. The smallest absolute Gasteiger partial charge is 0.0935 e. The first-order valence-electron chi connectivity index (χ1n) is 4.41. The summed E-state index contributed by atoms with van der Waals surface area (Å²) in [5, 5.41) is 9.57. The van der Waals surface area contributed by atoms with E-state index in [1.54, 1.807) is 0 Å². The minimum absolute atomic E-state index is 0.438. The molecule has 1 aromatic carbocycles. The van der Waals surface area contributed by atoms with Gasteiger partial charge in [0.25, 0.3) is 0 Å². The average Bonchev–Trinajstić information content (AvgIpc) is 2.28. The summed E-state index contributed by atoms with van der Waals surface area (Å²) in [6.45, 7) is 1.94. The number of aliphatic hydroxyl groups excluding tert-OH is 1. The monoisotopic (exact) mass is 172 g/mol. The van der Waals surface area contributed by atoms with Crippen molar-refractivity contribution in [2.24, 2.45) is 0 Å². The van der Waals surface area contributed by atoms with Crippen molar-refractivity contribution < 1.29 is 5.11 Å². The van der Waals surface area contributed by atoms with Crippen LogP contribution >= 0.6 is 0 Å². The molecule has 1 N–H and O–H groups in total. The van der Waals surface area contributed by atoms with Gasteiger partial charge in [-0.25, -0.2) is 0 Å². The normalized spacial score (nSPS) is 20.5. The Morgan fingerprint density at radius 1 is 1.15 bits per heavy atom. The molecule has 0 fully saturated rings. The lowest BCUT2D eigenvalue weighted by atomic mass is 10.1. The molecule has 1 aliphatic rings. The summed E-state index contributed by atoms with van der Waals surface area (Å²) in [6, 6.07) is 8.12. The first-order valence-corrected chi connectivity index (χ1v) is 4.41. The Bertz CT molecular complexity index is 374. The Morgan fingerprint density at radius 2 is 1.85 bits per heavy atom. The lowest BCUT2D eigenvalue weighted by molar-refractivity contribution is 0.261. The second-order valence-electron chi connectivity index (χ2n) is 3.32. The maximum Gasteiger partial charge on any atom is 0.0935 e. The number of aliphatic hydroxyl groups is 1. The fraction of sp³-hybridized carbons (Fsp3) is 0.167. The second kappa shape index (κ2) is 3.19. The van der Waals surface area contributed by atoms with E-state index in [0.29, 0.717) is 0 Å². The molecule has 2 rings (SSSR count). The van der Waals surface area contributed by atoms with Gasteiger partial charge in [-0.3, -0.25) is 0 Å². The van der Waals surface area contributed by atoms with E-state index < -0.39 is 6.10 Å². The van der Waals surface area contributed by atoms with Crippen LogP contribution in [0.1, 0.15) is 18.1 Å². The fourth-order valence-electron chi connectivity index (χ4n) is 1.47. The highest BCUT2D eigenvalue weighted by molar-refractivity contribution is 5.69. The van der Waals surface area contributed by atoms with Crippen LogP contribution in [-0.2, 0) is 0 Å². The minimum atomic E-state index is -0.438. The highest BCUT2D eigenvalue weighted by Crippen LogP contribution is 2.20. The number of hydrogen-bond acceptors (Lipinski definition) is 1. The molecule has 0 spiro atoms. The van der Waals surface area contributed by atoms with Crippen molar-refractivity contribution in [1.29, 1.82) is 0 Å². The van der Waals surface area contributed by atoms with Gasteiger partial charge in [-0.1, -0.05) is 42.5 Å². The Morgan fingerprint density at radius 3 is 2.62 bits per heavy atom. The van der Waals surface area contributed by atoms with Crippen LogP contribution in [-0.4, -0.2) is 11.2 Å². The van der Waals surface area contributed by atoms with Gasteiger partial charge >= 0.3 is 0 Å². The zero-order valence-electron chi connectivity index (χ0n) is 7.57. The standard InChI is InChI=1S/C12H12O/c1-9-8-11-5-3-2-4-10(11)6-7-12(9)13/h2-8,12-13H,1H3/t12-/m1/s1. The topological polar surface area (TPSA) is 20.2 Å². The minimum Gasteiger partial charge on any atom is -0.385 e. The number of hydrogen-bond donors (Lipinski definition) is 1. The molecule has 13 heavy (non-hydrogen) atoms. The Kier molecular flexibility index (Phi) is 2.03. The number of fused-ring (bicyclic) bond motifs is 1. The molecule has 0 saturated heterocycles. The third kappa shape index (κ3) is 1.56. The third-order valence-corrected chi connectivity index (χ3v) is 2.30. The molecular formula is C12H12O. The van der Waals surface area contributed by atoms with Crippen LogP contribution in [0.15, 0.2) is 35.9 Å². The zero-order valence-corrected chi connectivity index (χ0v) is 7.57. The highest BCUT2D eigenvalue weighted by atomic mass is 16.3. The van der Waals surface area contributed by atoms with Gasteiger partial charge in [0, 0.05) is 0 Å². The maximum atomic E-state index is 9.57. The van der Waals surface area contributed by atoms with E-state index >= 15 is 0 Å². The number of rotatable bonds is 0. The quantitative estimate of drug-likeness (QED) is 0.637. The fourth-order valence-corrected chi connectivity index (χ4v) is 1.47. The largest absolute Gasteiger partial charge is 0.385 e. The molecule has 1 aromatic rings. The molecule has 0 aliphatic heterocycles. The predicted octanol–water partition coefficient (Wildman–Crippen LogP) is 2.48. The Balaban J connectivity index is 2.56. The summed E-state index contributed by atoms with van der Waals surface area (Å²) in [6.07, 6.45) is 5.37. The van der Waals surface area contributed by atoms with Gasteiger partial charge in [0.05, 0.1) is 6.10 Å². The van der Waals surface area contributed by atoms with Gasteiger partial charge in [-0.15, -0.1) is 0 Å². The van der Waals surface area contributed by atoms with Gasteiger partial charge in [-0.05, 0) is 23.6 Å². The molecule has 0 radical (unpaired) electrons. The average molecular weight is 172 g/mol.